The molecule has 24 heavy (non-hydrogen) atoms. The average Bonchev–Trinajstić information content (AvgIpc) is 3.33. The number of rotatable bonds is 6. The number of hydrogen-bond donors (Lipinski definition) is 2. The number of amides is 2. The van der Waals surface area contributed by atoms with E-state index in [2.05, 4.69) is 20.6 Å². The number of ether oxygens (including phenoxy) is 1. The zero-order chi connectivity index (χ0) is 17.1. The second-order valence-corrected chi connectivity index (χ2v) is 6.99. The van der Waals surface area contributed by atoms with E-state index in [0.29, 0.717) is 11.7 Å². The molecule has 1 fully saturated rings. The number of urea groups is 1. The van der Waals surface area contributed by atoms with Crippen molar-refractivity contribution in [3.8, 4) is 5.75 Å². The SMILES string of the molecule is COc1cnccc1[C@@H](C)NC(=O)N[C@H](c1nc(C)cs1)C1CC1. The Bertz CT molecular complexity index is 714. The van der Waals surface area contributed by atoms with Gasteiger partial charge in [0.2, 0.25) is 0 Å². The summed E-state index contributed by atoms with van der Waals surface area (Å²) in [7, 11) is 1.60. The molecule has 6 nitrogen and oxygen atoms in total. The van der Waals surface area contributed by atoms with Gasteiger partial charge < -0.3 is 15.4 Å². The van der Waals surface area contributed by atoms with Crippen LogP contribution in [0.2, 0.25) is 0 Å². The minimum absolute atomic E-state index is 0.00441. The molecule has 1 saturated carbocycles. The van der Waals surface area contributed by atoms with E-state index in [1.54, 1.807) is 30.8 Å². The van der Waals surface area contributed by atoms with Gasteiger partial charge in [0.25, 0.3) is 0 Å². The summed E-state index contributed by atoms with van der Waals surface area (Å²) >= 11 is 1.61. The predicted molar refractivity (Wildman–Crippen MR) is 93.2 cm³/mol. The Morgan fingerprint density at radius 2 is 2.21 bits per heavy atom. The molecule has 2 aromatic heterocycles. The lowest BCUT2D eigenvalue weighted by molar-refractivity contribution is 0.232. The van der Waals surface area contributed by atoms with Gasteiger partial charge in [-0.3, -0.25) is 4.98 Å². The first kappa shape index (κ1) is 16.7. The maximum absolute atomic E-state index is 12.4. The zero-order valence-corrected chi connectivity index (χ0v) is 14.9. The predicted octanol–water partition coefficient (Wildman–Crippen LogP) is 3.37. The van der Waals surface area contributed by atoms with Crippen LogP contribution in [-0.4, -0.2) is 23.1 Å². The van der Waals surface area contributed by atoms with Gasteiger partial charge >= 0.3 is 6.03 Å². The van der Waals surface area contributed by atoms with Crippen molar-refractivity contribution >= 4 is 17.4 Å². The molecule has 1 aliphatic rings. The van der Waals surface area contributed by atoms with Crippen molar-refractivity contribution in [3.05, 3.63) is 40.1 Å². The van der Waals surface area contributed by atoms with E-state index in [9.17, 15) is 4.79 Å². The van der Waals surface area contributed by atoms with Crippen LogP contribution >= 0.6 is 11.3 Å². The van der Waals surface area contributed by atoms with Crippen molar-refractivity contribution in [2.45, 2.75) is 38.8 Å². The van der Waals surface area contributed by atoms with Crippen LogP contribution in [0.4, 0.5) is 4.79 Å². The van der Waals surface area contributed by atoms with Gasteiger partial charge in [-0.2, -0.15) is 0 Å². The highest BCUT2D eigenvalue weighted by molar-refractivity contribution is 7.09. The maximum atomic E-state index is 12.4. The third-order valence-corrected chi connectivity index (χ3v) is 5.18. The first-order valence-electron chi connectivity index (χ1n) is 8.05. The van der Waals surface area contributed by atoms with Crippen LogP contribution in [-0.2, 0) is 0 Å². The molecule has 2 N–H and O–H groups in total. The van der Waals surface area contributed by atoms with Gasteiger partial charge in [-0.05, 0) is 38.7 Å². The molecule has 0 unspecified atom stereocenters. The number of aromatic nitrogens is 2. The lowest BCUT2D eigenvalue weighted by atomic mass is 10.1. The molecule has 7 heteroatoms. The lowest BCUT2D eigenvalue weighted by Crippen LogP contribution is -2.40. The van der Waals surface area contributed by atoms with Crippen molar-refractivity contribution in [3.63, 3.8) is 0 Å². The molecule has 1 aliphatic carbocycles. The summed E-state index contributed by atoms with van der Waals surface area (Å²) < 4.78 is 5.31. The van der Waals surface area contributed by atoms with Crippen molar-refractivity contribution in [2.75, 3.05) is 7.11 Å². The molecule has 2 atom stereocenters. The van der Waals surface area contributed by atoms with Gasteiger partial charge in [0.1, 0.15) is 10.8 Å². The van der Waals surface area contributed by atoms with E-state index in [-0.39, 0.29) is 18.1 Å². The summed E-state index contributed by atoms with van der Waals surface area (Å²) in [4.78, 5) is 21.0. The van der Waals surface area contributed by atoms with E-state index < -0.39 is 0 Å². The smallest absolute Gasteiger partial charge is 0.315 e. The number of pyridine rings is 1. The minimum atomic E-state index is -0.189. The summed E-state index contributed by atoms with van der Waals surface area (Å²) in [5.41, 5.74) is 1.90. The fourth-order valence-electron chi connectivity index (χ4n) is 2.70. The Morgan fingerprint density at radius 1 is 1.42 bits per heavy atom. The molecule has 128 valence electrons. The molecule has 3 rings (SSSR count). The van der Waals surface area contributed by atoms with Crippen molar-refractivity contribution in [2.24, 2.45) is 5.92 Å². The van der Waals surface area contributed by atoms with Crippen LogP contribution in [0.25, 0.3) is 0 Å². The monoisotopic (exact) mass is 346 g/mol. The van der Waals surface area contributed by atoms with Gasteiger partial charge in [-0.25, -0.2) is 9.78 Å². The number of aryl methyl sites for hydroxylation is 1. The highest BCUT2D eigenvalue weighted by Crippen LogP contribution is 2.41. The van der Waals surface area contributed by atoms with E-state index in [0.717, 1.165) is 29.1 Å². The third-order valence-electron chi connectivity index (χ3n) is 4.13. The zero-order valence-electron chi connectivity index (χ0n) is 14.1. The van der Waals surface area contributed by atoms with Crippen LogP contribution in [0.5, 0.6) is 5.75 Å². The first-order valence-corrected chi connectivity index (χ1v) is 8.93. The van der Waals surface area contributed by atoms with E-state index in [4.69, 9.17) is 4.74 Å². The summed E-state index contributed by atoms with van der Waals surface area (Å²) in [5, 5.41) is 9.08. The van der Waals surface area contributed by atoms with E-state index in [1.807, 2.05) is 25.3 Å². The largest absolute Gasteiger partial charge is 0.495 e. The highest BCUT2D eigenvalue weighted by Gasteiger charge is 2.35. The standard InChI is InChI=1S/C17H22N4O2S/c1-10-9-24-16(19-10)15(12-4-5-12)21-17(22)20-11(2)13-6-7-18-8-14(13)23-3/h6-9,11-12,15H,4-5H2,1-3H3,(H2,20,21,22)/t11-,15+/m1/s1. The minimum Gasteiger partial charge on any atom is -0.495 e. The molecule has 0 aromatic carbocycles. The molecular formula is C17H22N4O2S. The number of carbonyl (C=O) groups excluding carboxylic acids is 1. The van der Waals surface area contributed by atoms with Crippen LogP contribution in [0.3, 0.4) is 0 Å². The van der Waals surface area contributed by atoms with Gasteiger partial charge in [0.05, 0.1) is 25.4 Å². The number of methoxy groups -OCH3 is 1. The molecule has 2 amide bonds. The van der Waals surface area contributed by atoms with Crippen LogP contribution in [0.1, 0.15) is 48.1 Å². The normalized spacial score (nSPS) is 16.3. The van der Waals surface area contributed by atoms with Crippen molar-refractivity contribution < 1.29 is 9.53 Å². The summed E-state index contributed by atoms with van der Waals surface area (Å²) in [6.45, 7) is 3.90. The number of nitrogens with zero attached hydrogens (tertiary/aromatic N) is 2. The Kier molecular flexibility index (Phi) is 4.99. The summed E-state index contributed by atoms with van der Waals surface area (Å²) in [5.74, 6) is 1.16. The fraction of sp³-hybridized carbons (Fsp3) is 0.471. The highest BCUT2D eigenvalue weighted by atomic mass is 32.1. The Balaban J connectivity index is 1.65. The molecule has 0 spiro atoms. The summed E-state index contributed by atoms with van der Waals surface area (Å²) in [6, 6.07) is 1.48. The van der Waals surface area contributed by atoms with Crippen molar-refractivity contribution in [1.82, 2.24) is 20.6 Å². The molecule has 0 saturated heterocycles. The topological polar surface area (TPSA) is 76.1 Å². The molecule has 0 bridgehead atoms. The summed E-state index contributed by atoms with van der Waals surface area (Å²) in [6.07, 6.45) is 5.62. The Morgan fingerprint density at radius 3 is 2.83 bits per heavy atom. The average molecular weight is 346 g/mol. The van der Waals surface area contributed by atoms with E-state index >= 15 is 0 Å². The van der Waals surface area contributed by atoms with Gasteiger partial charge in [0.15, 0.2) is 0 Å². The molecule has 2 aromatic rings. The molecule has 2 heterocycles. The van der Waals surface area contributed by atoms with Gasteiger partial charge in [-0.15, -0.1) is 11.3 Å². The van der Waals surface area contributed by atoms with Crippen LogP contribution in [0, 0.1) is 12.8 Å². The second-order valence-electron chi connectivity index (χ2n) is 6.10. The molecule has 0 radical (unpaired) electrons. The maximum Gasteiger partial charge on any atom is 0.315 e. The molecule has 0 aliphatic heterocycles. The number of carbonyl (C=O) groups is 1. The quantitative estimate of drug-likeness (QED) is 0.841. The Hall–Kier alpha value is -2.15. The molecular weight excluding hydrogens is 324 g/mol. The van der Waals surface area contributed by atoms with E-state index in [1.165, 1.54) is 0 Å². The van der Waals surface area contributed by atoms with Gasteiger partial charge in [-0.1, -0.05) is 0 Å². The van der Waals surface area contributed by atoms with Gasteiger partial charge in [0, 0.05) is 22.8 Å². The number of thiazole rings is 1. The first-order chi connectivity index (χ1) is 11.6. The second kappa shape index (κ2) is 7.17. The Labute approximate surface area is 145 Å². The lowest BCUT2D eigenvalue weighted by Gasteiger charge is -2.20. The van der Waals surface area contributed by atoms with Crippen molar-refractivity contribution in [1.29, 1.82) is 0 Å². The number of nitrogens with one attached hydrogen (secondary N) is 2. The van der Waals surface area contributed by atoms with Crippen LogP contribution < -0.4 is 15.4 Å². The van der Waals surface area contributed by atoms with Crippen LogP contribution in [0.15, 0.2) is 23.8 Å². The fourth-order valence-corrected chi connectivity index (χ4v) is 3.64. The number of hydrogen-bond acceptors (Lipinski definition) is 5. The third kappa shape index (κ3) is 3.84.